The minimum absolute atomic E-state index is 0.124. The maximum absolute atomic E-state index is 13.0. The van der Waals surface area contributed by atoms with Gasteiger partial charge in [-0.15, -0.1) is 0 Å². The van der Waals surface area contributed by atoms with Crippen molar-refractivity contribution in [1.82, 2.24) is 14.8 Å². The number of amides is 2. The number of hydrogen-bond donors (Lipinski definition) is 1. The van der Waals surface area contributed by atoms with Crippen LogP contribution in [0.15, 0.2) is 30.7 Å². The number of aromatic nitrogens is 3. The third-order valence-electron chi connectivity index (χ3n) is 4.05. The van der Waals surface area contributed by atoms with Crippen LogP contribution in [-0.4, -0.2) is 37.7 Å². The van der Waals surface area contributed by atoms with Crippen LogP contribution in [0.1, 0.15) is 27.2 Å². The van der Waals surface area contributed by atoms with Crippen molar-refractivity contribution < 1.29 is 9.59 Å². The third-order valence-corrected chi connectivity index (χ3v) is 5.60. The van der Waals surface area contributed by atoms with Gasteiger partial charge in [-0.1, -0.05) is 37.2 Å². The van der Waals surface area contributed by atoms with Crippen molar-refractivity contribution in [3.05, 3.63) is 35.9 Å². The summed E-state index contributed by atoms with van der Waals surface area (Å²) in [5, 5.41) is 3.82. The van der Waals surface area contributed by atoms with Gasteiger partial charge in [-0.2, -0.15) is 5.10 Å². The van der Waals surface area contributed by atoms with E-state index in [1.165, 1.54) is 0 Å². The molecule has 26 heavy (non-hydrogen) atoms. The number of primary amides is 1. The molecule has 0 aliphatic heterocycles. The Bertz CT molecular complexity index is 768. The molecule has 0 aromatic carbocycles. The SMILES string of the molecule is CCC(SC(N)=O)C(C)C(=O)N(CC)c1cn(-c2cccnc2)nc1Cl. The number of carbonyl (C=O) groups is 2. The van der Waals surface area contributed by atoms with Crippen LogP contribution in [0.25, 0.3) is 5.69 Å². The lowest BCUT2D eigenvalue weighted by Crippen LogP contribution is -2.39. The monoisotopic (exact) mass is 395 g/mol. The van der Waals surface area contributed by atoms with E-state index in [4.69, 9.17) is 17.3 Å². The number of thioether (sulfide) groups is 1. The predicted molar refractivity (Wildman–Crippen MR) is 105 cm³/mol. The van der Waals surface area contributed by atoms with Gasteiger partial charge in [0, 0.05) is 23.9 Å². The van der Waals surface area contributed by atoms with E-state index < -0.39 is 11.2 Å². The second-order valence-corrected chi connectivity index (χ2v) is 7.32. The number of nitrogens with two attached hydrogens (primary N) is 1. The summed E-state index contributed by atoms with van der Waals surface area (Å²) in [5.74, 6) is -0.518. The maximum atomic E-state index is 13.0. The Morgan fingerprint density at radius 3 is 2.69 bits per heavy atom. The maximum Gasteiger partial charge on any atom is 0.276 e. The van der Waals surface area contributed by atoms with Gasteiger partial charge < -0.3 is 10.6 Å². The molecule has 140 valence electrons. The van der Waals surface area contributed by atoms with Gasteiger partial charge in [-0.3, -0.25) is 14.6 Å². The van der Waals surface area contributed by atoms with Gasteiger partial charge in [0.1, 0.15) is 5.69 Å². The molecule has 2 atom stereocenters. The number of anilines is 1. The zero-order valence-electron chi connectivity index (χ0n) is 14.9. The molecule has 0 saturated heterocycles. The molecule has 0 radical (unpaired) electrons. The van der Waals surface area contributed by atoms with Crippen molar-refractivity contribution in [2.24, 2.45) is 11.7 Å². The van der Waals surface area contributed by atoms with Crippen LogP contribution in [0, 0.1) is 5.92 Å². The first-order valence-electron chi connectivity index (χ1n) is 8.32. The summed E-state index contributed by atoms with van der Waals surface area (Å²) in [7, 11) is 0. The van der Waals surface area contributed by atoms with Gasteiger partial charge in [0.2, 0.25) is 5.91 Å². The Labute approximate surface area is 161 Å². The Hall–Kier alpha value is -2.06. The molecule has 0 bridgehead atoms. The van der Waals surface area contributed by atoms with Crippen LogP contribution in [0.3, 0.4) is 0 Å². The van der Waals surface area contributed by atoms with E-state index in [0.29, 0.717) is 18.7 Å². The first kappa shape index (κ1) is 20.3. The minimum Gasteiger partial charge on any atom is -0.361 e. The second kappa shape index (κ2) is 9.05. The molecule has 7 nitrogen and oxygen atoms in total. The fourth-order valence-corrected chi connectivity index (χ4v) is 3.70. The number of nitrogens with zero attached hydrogens (tertiary/aromatic N) is 4. The molecule has 9 heteroatoms. The molecule has 2 aromatic heterocycles. The predicted octanol–water partition coefficient (Wildman–Crippen LogP) is 3.50. The average Bonchev–Trinajstić information content (AvgIpc) is 3.02. The summed E-state index contributed by atoms with van der Waals surface area (Å²) >= 11 is 7.28. The van der Waals surface area contributed by atoms with Gasteiger partial charge in [0.15, 0.2) is 5.15 Å². The summed E-state index contributed by atoms with van der Waals surface area (Å²) in [5.41, 5.74) is 6.54. The van der Waals surface area contributed by atoms with Gasteiger partial charge in [0.05, 0.1) is 18.1 Å². The highest BCUT2D eigenvalue weighted by Crippen LogP contribution is 2.30. The summed E-state index contributed by atoms with van der Waals surface area (Å²) < 4.78 is 1.58. The van der Waals surface area contributed by atoms with Crippen LogP contribution < -0.4 is 10.6 Å². The summed E-state index contributed by atoms with van der Waals surface area (Å²) in [6.07, 6.45) is 5.68. The Morgan fingerprint density at radius 2 is 2.15 bits per heavy atom. The lowest BCUT2D eigenvalue weighted by Gasteiger charge is -2.27. The lowest BCUT2D eigenvalue weighted by molar-refractivity contribution is -0.121. The highest BCUT2D eigenvalue weighted by molar-refractivity contribution is 8.14. The van der Waals surface area contributed by atoms with E-state index in [9.17, 15) is 9.59 Å². The number of rotatable bonds is 7. The molecule has 0 fully saturated rings. The zero-order valence-corrected chi connectivity index (χ0v) is 16.5. The van der Waals surface area contributed by atoms with E-state index >= 15 is 0 Å². The molecule has 0 saturated carbocycles. The second-order valence-electron chi connectivity index (χ2n) is 5.72. The first-order chi connectivity index (χ1) is 12.4. The van der Waals surface area contributed by atoms with Crippen molar-refractivity contribution in [3.8, 4) is 5.69 Å². The molecule has 0 spiro atoms. The lowest BCUT2D eigenvalue weighted by atomic mass is 10.0. The molecular formula is C17H22ClN5O2S. The normalized spacial score (nSPS) is 13.2. The van der Waals surface area contributed by atoms with Crippen LogP contribution in [0.5, 0.6) is 0 Å². The molecule has 2 heterocycles. The smallest absolute Gasteiger partial charge is 0.276 e. The topological polar surface area (TPSA) is 94.1 Å². The average molecular weight is 396 g/mol. The van der Waals surface area contributed by atoms with Crippen LogP contribution in [0.4, 0.5) is 10.5 Å². The van der Waals surface area contributed by atoms with Crippen molar-refractivity contribution in [2.75, 3.05) is 11.4 Å². The highest BCUT2D eigenvalue weighted by Gasteiger charge is 2.30. The molecule has 2 N–H and O–H groups in total. The third kappa shape index (κ3) is 4.56. The van der Waals surface area contributed by atoms with Gasteiger partial charge in [-0.05, 0) is 25.5 Å². The molecule has 0 aliphatic carbocycles. The van der Waals surface area contributed by atoms with Crippen LogP contribution in [0.2, 0.25) is 5.15 Å². The van der Waals surface area contributed by atoms with Crippen molar-refractivity contribution >= 4 is 40.2 Å². The first-order valence-corrected chi connectivity index (χ1v) is 9.57. The molecule has 0 aliphatic rings. The van der Waals surface area contributed by atoms with Crippen molar-refractivity contribution in [3.63, 3.8) is 0 Å². The van der Waals surface area contributed by atoms with E-state index in [1.807, 2.05) is 19.9 Å². The number of pyridine rings is 1. The quantitative estimate of drug-likeness (QED) is 0.774. The summed E-state index contributed by atoms with van der Waals surface area (Å²) in [6.45, 7) is 6.02. The van der Waals surface area contributed by atoms with Crippen LogP contribution >= 0.6 is 23.4 Å². The molecule has 2 amide bonds. The Kier molecular flexibility index (Phi) is 7.05. The van der Waals surface area contributed by atoms with Crippen molar-refractivity contribution in [2.45, 2.75) is 32.4 Å². The van der Waals surface area contributed by atoms with Crippen molar-refractivity contribution in [1.29, 1.82) is 0 Å². The van der Waals surface area contributed by atoms with E-state index in [-0.39, 0.29) is 16.3 Å². The molecular weight excluding hydrogens is 374 g/mol. The van der Waals surface area contributed by atoms with Gasteiger partial charge in [-0.25, -0.2) is 4.68 Å². The largest absolute Gasteiger partial charge is 0.361 e. The fourth-order valence-electron chi connectivity index (χ4n) is 2.68. The van der Waals surface area contributed by atoms with Gasteiger partial charge >= 0.3 is 0 Å². The standard InChI is InChI=1S/C17H22ClN5O2S/c1-4-14(26-17(19)25)11(3)16(24)22(5-2)13-10-23(21-15(13)18)12-7-6-8-20-9-12/h6-11,14H,4-5H2,1-3H3,(H2,19,25). The molecule has 2 rings (SSSR count). The van der Waals surface area contributed by atoms with E-state index in [2.05, 4.69) is 10.1 Å². The fraction of sp³-hybridized carbons (Fsp3) is 0.412. The molecule has 2 unspecified atom stereocenters. The van der Waals surface area contributed by atoms with E-state index in [0.717, 1.165) is 17.4 Å². The van der Waals surface area contributed by atoms with Crippen LogP contribution in [-0.2, 0) is 4.79 Å². The molecule has 2 aromatic rings. The zero-order chi connectivity index (χ0) is 19.3. The Balaban J connectivity index is 2.29. The number of hydrogen-bond acceptors (Lipinski definition) is 5. The van der Waals surface area contributed by atoms with Gasteiger partial charge in [0.25, 0.3) is 5.24 Å². The summed E-state index contributed by atoms with van der Waals surface area (Å²) in [4.78, 5) is 29.9. The number of halogens is 1. The highest BCUT2D eigenvalue weighted by atomic mass is 35.5. The Morgan fingerprint density at radius 1 is 1.42 bits per heavy atom. The summed E-state index contributed by atoms with van der Waals surface area (Å²) in [6, 6.07) is 3.64. The minimum atomic E-state index is -0.484. The van der Waals surface area contributed by atoms with E-state index in [1.54, 1.807) is 41.2 Å². The number of carbonyl (C=O) groups excluding carboxylic acids is 2.